The average molecular weight is 439 g/mol. The Balaban J connectivity index is 1.36. The Morgan fingerprint density at radius 3 is 2.73 bits per heavy atom. The van der Waals surface area contributed by atoms with E-state index in [2.05, 4.69) is 22.2 Å². The number of carbonyl (C=O) groups is 1. The summed E-state index contributed by atoms with van der Waals surface area (Å²) in [7, 11) is 1.81. The number of thiophene rings is 1. The first-order valence-electron chi connectivity index (χ1n) is 9.58. The molecule has 7 nitrogen and oxygen atoms in total. The predicted octanol–water partition coefficient (Wildman–Crippen LogP) is 3.96. The first kappa shape index (κ1) is 20.4. The second kappa shape index (κ2) is 9.27. The summed E-state index contributed by atoms with van der Waals surface area (Å²) in [5, 5.41) is 15.8. The van der Waals surface area contributed by atoms with Crippen molar-refractivity contribution in [1.29, 1.82) is 0 Å². The van der Waals surface area contributed by atoms with Crippen molar-refractivity contribution in [2.45, 2.75) is 25.2 Å². The SMILES string of the molecule is CCn1c(SCC(=O)N(C)Cc2cnn(-c3ccccc3)c2)nnc1-c1cccs1. The van der Waals surface area contributed by atoms with Crippen molar-refractivity contribution in [3.8, 4) is 16.4 Å². The van der Waals surface area contributed by atoms with Crippen LogP contribution in [-0.4, -0.2) is 48.2 Å². The maximum atomic E-state index is 12.7. The molecule has 0 N–H and O–H groups in total. The number of hydrogen-bond acceptors (Lipinski definition) is 6. The molecule has 3 heterocycles. The van der Waals surface area contributed by atoms with Crippen LogP contribution in [0.3, 0.4) is 0 Å². The number of nitrogens with zero attached hydrogens (tertiary/aromatic N) is 6. The van der Waals surface area contributed by atoms with Crippen molar-refractivity contribution in [2.24, 2.45) is 0 Å². The molecule has 0 aliphatic heterocycles. The maximum Gasteiger partial charge on any atom is 0.233 e. The van der Waals surface area contributed by atoms with Crippen molar-refractivity contribution in [3.05, 3.63) is 65.8 Å². The highest BCUT2D eigenvalue weighted by Gasteiger charge is 2.17. The third-order valence-corrected chi connectivity index (χ3v) is 6.42. The van der Waals surface area contributed by atoms with Crippen LogP contribution in [0.4, 0.5) is 0 Å². The van der Waals surface area contributed by atoms with Gasteiger partial charge in [0.1, 0.15) is 0 Å². The van der Waals surface area contributed by atoms with Gasteiger partial charge in [0.2, 0.25) is 5.91 Å². The summed E-state index contributed by atoms with van der Waals surface area (Å²) < 4.78 is 3.87. The minimum absolute atomic E-state index is 0.0378. The van der Waals surface area contributed by atoms with Crippen molar-refractivity contribution in [1.82, 2.24) is 29.4 Å². The van der Waals surface area contributed by atoms with Crippen LogP contribution in [0.15, 0.2) is 65.4 Å². The molecule has 4 rings (SSSR count). The van der Waals surface area contributed by atoms with Gasteiger partial charge in [-0.05, 0) is 30.5 Å². The van der Waals surface area contributed by atoms with Gasteiger partial charge in [-0.25, -0.2) is 4.68 Å². The van der Waals surface area contributed by atoms with E-state index in [4.69, 9.17) is 0 Å². The molecule has 4 aromatic rings. The predicted molar refractivity (Wildman–Crippen MR) is 120 cm³/mol. The number of rotatable bonds is 8. The lowest BCUT2D eigenvalue weighted by Crippen LogP contribution is -2.27. The number of aromatic nitrogens is 5. The number of carbonyl (C=O) groups excluding carboxylic acids is 1. The van der Waals surface area contributed by atoms with E-state index in [1.807, 2.05) is 70.3 Å². The van der Waals surface area contributed by atoms with E-state index in [9.17, 15) is 4.79 Å². The smallest absolute Gasteiger partial charge is 0.233 e. The van der Waals surface area contributed by atoms with Gasteiger partial charge in [0.05, 0.1) is 22.5 Å². The quantitative estimate of drug-likeness (QED) is 0.390. The summed E-state index contributed by atoms with van der Waals surface area (Å²) in [4.78, 5) is 15.4. The molecule has 0 radical (unpaired) electrons. The molecule has 9 heteroatoms. The highest BCUT2D eigenvalue weighted by atomic mass is 32.2. The Labute approximate surface area is 183 Å². The van der Waals surface area contributed by atoms with Crippen molar-refractivity contribution < 1.29 is 4.79 Å². The molecule has 154 valence electrons. The summed E-state index contributed by atoms with van der Waals surface area (Å²) in [6.45, 7) is 3.32. The summed E-state index contributed by atoms with van der Waals surface area (Å²) in [6, 6.07) is 13.9. The van der Waals surface area contributed by atoms with Crippen molar-refractivity contribution >= 4 is 29.0 Å². The summed E-state index contributed by atoms with van der Waals surface area (Å²) in [5.41, 5.74) is 1.98. The highest BCUT2D eigenvalue weighted by Crippen LogP contribution is 2.27. The largest absolute Gasteiger partial charge is 0.341 e. The molecular weight excluding hydrogens is 416 g/mol. The molecule has 0 spiro atoms. The Morgan fingerprint density at radius 1 is 1.17 bits per heavy atom. The number of benzene rings is 1. The van der Waals surface area contributed by atoms with E-state index in [1.165, 1.54) is 11.8 Å². The van der Waals surface area contributed by atoms with Gasteiger partial charge in [-0.2, -0.15) is 5.10 Å². The number of thioether (sulfide) groups is 1. The lowest BCUT2D eigenvalue weighted by atomic mass is 10.3. The van der Waals surface area contributed by atoms with Crippen LogP contribution >= 0.6 is 23.1 Å². The fraction of sp³-hybridized carbons (Fsp3) is 0.238. The molecule has 3 aromatic heterocycles. The minimum atomic E-state index is 0.0378. The average Bonchev–Trinajstić information content (AvgIpc) is 3.52. The Hall–Kier alpha value is -2.91. The van der Waals surface area contributed by atoms with Gasteiger partial charge in [0.25, 0.3) is 0 Å². The third-order valence-electron chi connectivity index (χ3n) is 4.60. The second-order valence-electron chi connectivity index (χ2n) is 6.69. The van der Waals surface area contributed by atoms with Crippen LogP contribution in [0.1, 0.15) is 12.5 Å². The fourth-order valence-electron chi connectivity index (χ4n) is 3.03. The Morgan fingerprint density at radius 2 is 2.00 bits per heavy atom. The second-order valence-corrected chi connectivity index (χ2v) is 8.59. The number of amides is 1. The topological polar surface area (TPSA) is 68.8 Å². The molecule has 0 unspecified atom stereocenters. The van der Waals surface area contributed by atoms with Crippen LogP contribution in [-0.2, 0) is 17.9 Å². The maximum absolute atomic E-state index is 12.7. The zero-order valence-electron chi connectivity index (χ0n) is 16.8. The van der Waals surface area contributed by atoms with Crippen LogP contribution in [0.5, 0.6) is 0 Å². The van der Waals surface area contributed by atoms with E-state index in [1.54, 1.807) is 22.4 Å². The fourth-order valence-corrected chi connectivity index (χ4v) is 4.69. The normalized spacial score (nSPS) is 11.0. The zero-order valence-corrected chi connectivity index (χ0v) is 18.4. The molecule has 0 aliphatic carbocycles. The zero-order chi connectivity index (χ0) is 20.9. The molecule has 0 aliphatic rings. The standard InChI is InChI=1S/C21H22N6OS2/c1-3-26-20(18-10-7-11-29-18)23-24-21(26)30-15-19(28)25(2)13-16-12-22-27(14-16)17-8-5-4-6-9-17/h4-12,14H,3,13,15H2,1-2H3. The molecule has 0 fully saturated rings. The van der Waals surface area contributed by atoms with Gasteiger partial charge in [0, 0.05) is 31.9 Å². The first-order valence-corrected chi connectivity index (χ1v) is 11.4. The Bertz CT molecular complexity index is 1100. The van der Waals surface area contributed by atoms with Gasteiger partial charge < -0.3 is 9.47 Å². The van der Waals surface area contributed by atoms with Gasteiger partial charge in [-0.1, -0.05) is 36.0 Å². The molecule has 0 bridgehead atoms. The Kier molecular flexibility index (Phi) is 6.29. The van der Waals surface area contributed by atoms with Crippen LogP contribution in [0.25, 0.3) is 16.4 Å². The molecular formula is C21H22N6OS2. The van der Waals surface area contributed by atoms with Crippen LogP contribution in [0.2, 0.25) is 0 Å². The molecule has 0 atom stereocenters. The van der Waals surface area contributed by atoms with Gasteiger partial charge >= 0.3 is 0 Å². The molecule has 1 aromatic carbocycles. The summed E-state index contributed by atoms with van der Waals surface area (Å²) in [6.07, 6.45) is 3.75. The lowest BCUT2D eigenvalue weighted by Gasteiger charge is -2.16. The van der Waals surface area contributed by atoms with E-state index in [-0.39, 0.29) is 5.91 Å². The van der Waals surface area contributed by atoms with E-state index < -0.39 is 0 Å². The number of para-hydroxylation sites is 1. The molecule has 1 amide bonds. The van der Waals surface area contributed by atoms with Gasteiger partial charge in [0.15, 0.2) is 11.0 Å². The van der Waals surface area contributed by atoms with Crippen molar-refractivity contribution in [2.75, 3.05) is 12.8 Å². The lowest BCUT2D eigenvalue weighted by molar-refractivity contribution is -0.127. The van der Waals surface area contributed by atoms with Crippen LogP contribution in [0, 0.1) is 0 Å². The molecule has 0 saturated heterocycles. The van der Waals surface area contributed by atoms with Crippen LogP contribution < -0.4 is 0 Å². The monoisotopic (exact) mass is 438 g/mol. The van der Waals surface area contributed by atoms with Gasteiger partial charge in [-0.15, -0.1) is 21.5 Å². The third kappa shape index (κ3) is 4.47. The van der Waals surface area contributed by atoms with E-state index >= 15 is 0 Å². The van der Waals surface area contributed by atoms with E-state index in [0.717, 1.165) is 33.7 Å². The molecule has 0 saturated carbocycles. The summed E-state index contributed by atoms with van der Waals surface area (Å²) in [5.74, 6) is 1.20. The highest BCUT2D eigenvalue weighted by molar-refractivity contribution is 7.99. The molecule has 30 heavy (non-hydrogen) atoms. The van der Waals surface area contributed by atoms with Crippen molar-refractivity contribution in [3.63, 3.8) is 0 Å². The minimum Gasteiger partial charge on any atom is -0.341 e. The summed E-state index contributed by atoms with van der Waals surface area (Å²) >= 11 is 3.05. The van der Waals surface area contributed by atoms with E-state index in [0.29, 0.717) is 12.3 Å². The number of hydrogen-bond donors (Lipinski definition) is 0. The first-order chi connectivity index (χ1) is 14.7. The van der Waals surface area contributed by atoms with Gasteiger partial charge in [-0.3, -0.25) is 4.79 Å².